The van der Waals surface area contributed by atoms with Gasteiger partial charge in [-0.15, -0.1) is 0 Å². The monoisotopic (exact) mass is 358 g/mol. The molecule has 2 aliphatic rings. The quantitative estimate of drug-likeness (QED) is 0.839. The molecule has 2 amide bonds. The molecule has 2 fully saturated rings. The molecule has 0 aromatic heterocycles. The summed E-state index contributed by atoms with van der Waals surface area (Å²) in [4.78, 5) is 28.6. The fourth-order valence-corrected chi connectivity index (χ4v) is 4.47. The van der Waals surface area contributed by atoms with Gasteiger partial charge in [-0.2, -0.15) is 0 Å². The molecule has 1 atom stereocenters. The van der Waals surface area contributed by atoms with Gasteiger partial charge in [-0.3, -0.25) is 9.59 Å². The summed E-state index contributed by atoms with van der Waals surface area (Å²) in [5.74, 6) is 0.0788. The van der Waals surface area contributed by atoms with E-state index in [0.29, 0.717) is 26.1 Å². The molecule has 2 aliphatic heterocycles. The molecule has 0 radical (unpaired) electrons. The van der Waals surface area contributed by atoms with Crippen molar-refractivity contribution in [1.82, 2.24) is 9.80 Å². The van der Waals surface area contributed by atoms with Gasteiger partial charge in [0, 0.05) is 32.1 Å². The van der Waals surface area contributed by atoms with Crippen LogP contribution in [0, 0.1) is 12.3 Å². The second-order valence-electron chi connectivity index (χ2n) is 8.64. The van der Waals surface area contributed by atoms with Gasteiger partial charge in [0.15, 0.2) is 0 Å². The number of hydrogen-bond donors (Lipinski definition) is 1. The molecule has 0 aliphatic carbocycles. The fourth-order valence-electron chi connectivity index (χ4n) is 4.47. The minimum absolute atomic E-state index is 0.00592. The molecule has 5 heteroatoms. The van der Waals surface area contributed by atoms with E-state index in [1.54, 1.807) is 6.92 Å². The molecule has 142 valence electrons. The van der Waals surface area contributed by atoms with E-state index in [1.807, 2.05) is 54.8 Å². The summed E-state index contributed by atoms with van der Waals surface area (Å²) in [5.41, 5.74) is 1.19. The van der Waals surface area contributed by atoms with Crippen molar-refractivity contribution < 1.29 is 14.7 Å². The lowest BCUT2D eigenvalue weighted by Crippen LogP contribution is -2.64. The Balaban J connectivity index is 1.71. The predicted molar refractivity (Wildman–Crippen MR) is 101 cm³/mol. The summed E-state index contributed by atoms with van der Waals surface area (Å²) in [6.45, 7) is 9.44. The number of carbonyl (C=O) groups excluding carboxylic acids is 2. The second-order valence-corrected chi connectivity index (χ2v) is 8.64. The Morgan fingerprint density at radius 2 is 1.85 bits per heavy atom. The standard InChI is InChI=1S/C21H30N2O3/c1-15-6-5-7-17(12-15)19(26)22-10-8-21(9-11-22)13-18(25)20(3,4)23(14-21)16(2)24/h5-7,12,18,25H,8-11,13-14H2,1-4H3. The minimum Gasteiger partial charge on any atom is -0.391 e. The van der Waals surface area contributed by atoms with E-state index < -0.39 is 11.6 Å². The molecule has 3 rings (SSSR count). The third-order valence-corrected chi connectivity index (χ3v) is 6.39. The second kappa shape index (κ2) is 6.69. The highest BCUT2D eigenvalue weighted by atomic mass is 16.3. The zero-order valence-corrected chi connectivity index (χ0v) is 16.3. The minimum atomic E-state index is -0.542. The normalized spacial score (nSPS) is 24.6. The van der Waals surface area contributed by atoms with Gasteiger partial charge in [0.25, 0.3) is 5.91 Å². The van der Waals surface area contributed by atoms with Gasteiger partial charge in [0.1, 0.15) is 0 Å². The highest BCUT2D eigenvalue weighted by molar-refractivity contribution is 5.94. The van der Waals surface area contributed by atoms with Crippen molar-refractivity contribution in [1.29, 1.82) is 0 Å². The molecule has 2 saturated heterocycles. The topological polar surface area (TPSA) is 60.9 Å². The SMILES string of the molecule is CC(=O)N1CC2(CCN(C(=O)c3cccc(C)c3)CC2)CC(O)C1(C)C. The van der Waals surface area contributed by atoms with Crippen LogP contribution in [0.4, 0.5) is 0 Å². The summed E-state index contributed by atoms with van der Waals surface area (Å²) >= 11 is 0. The molecular weight excluding hydrogens is 328 g/mol. The average molecular weight is 358 g/mol. The Labute approximate surface area is 156 Å². The van der Waals surface area contributed by atoms with Crippen LogP contribution >= 0.6 is 0 Å². The van der Waals surface area contributed by atoms with Crippen LogP contribution in [0.5, 0.6) is 0 Å². The number of carbonyl (C=O) groups is 2. The number of benzene rings is 1. The Hall–Kier alpha value is -1.88. The third kappa shape index (κ3) is 3.37. The molecule has 2 heterocycles. The first-order valence-electron chi connectivity index (χ1n) is 9.47. The van der Waals surface area contributed by atoms with Crippen molar-refractivity contribution in [2.75, 3.05) is 19.6 Å². The maximum absolute atomic E-state index is 12.8. The number of amides is 2. The highest BCUT2D eigenvalue weighted by Gasteiger charge is 2.50. The first kappa shape index (κ1) is 18.9. The smallest absolute Gasteiger partial charge is 0.253 e. The number of aryl methyl sites for hydroxylation is 1. The molecule has 26 heavy (non-hydrogen) atoms. The van der Waals surface area contributed by atoms with Crippen LogP contribution in [-0.4, -0.2) is 58.0 Å². The van der Waals surface area contributed by atoms with Crippen LogP contribution in [-0.2, 0) is 4.79 Å². The lowest BCUT2D eigenvalue weighted by molar-refractivity contribution is -0.156. The van der Waals surface area contributed by atoms with Crippen LogP contribution < -0.4 is 0 Å². The summed E-state index contributed by atoms with van der Waals surface area (Å²) in [7, 11) is 0. The van der Waals surface area contributed by atoms with Crippen LogP contribution in [0.25, 0.3) is 0 Å². The maximum Gasteiger partial charge on any atom is 0.253 e. The number of hydrogen-bond acceptors (Lipinski definition) is 3. The number of aliphatic hydroxyl groups excluding tert-OH is 1. The lowest BCUT2D eigenvalue weighted by Gasteiger charge is -2.55. The van der Waals surface area contributed by atoms with Gasteiger partial charge in [-0.05, 0) is 57.6 Å². The van der Waals surface area contributed by atoms with Gasteiger partial charge >= 0.3 is 0 Å². The van der Waals surface area contributed by atoms with E-state index in [0.717, 1.165) is 24.0 Å². The van der Waals surface area contributed by atoms with E-state index >= 15 is 0 Å². The van der Waals surface area contributed by atoms with Crippen molar-refractivity contribution in [2.24, 2.45) is 5.41 Å². The molecule has 1 aromatic rings. The number of aliphatic hydroxyl groups is 1. The van der Waals surface area contributed by atoms with E-state index in [-0.39, 0.29) is 17.2 Å². The van der Waals surface area contributed by atoms with Crippen LogP contribution in [0.1, 0.15) is 56.0 Å². The van der Waals surface area contributed by atoms with Gasteiger partial charge in [0.05, 0.1) is 11.6 Å². The fraction of sp³-hybridized carbons (Fsp3) is 0.619. The average Bonchev–Trinajstić information content (AvgIpc) is 2.58. The lowest BCUT2D eigenvalue weighted by atomic mass is 9.67. The number of likely N-dealkylation sites (tertiary alicyclic amines) is 2. The van der Waals surface area contributed by atoms with Crippen LogP contribution in [0.2, 0.25) is 0 Å². The largest absolute Gasteiger partial charge is 0.391 e. The van der Waals surface area contributed by atoms with Crippen molar-refractivity contribution in [3.8, 4) is 0 Å². The Morgan fingerprint density at radius 3 is 2.42 bits per heavy atom. The number of nitrogens with zero attached hydrogens (tertiary/aromatic N) is 2. The summed E-state index contributed by atoms with van der Waals surface area (Å²) in [6.07, 6.45) is 1.79. The molecule has 0 saturated carbocycles. The number of rotatable bonds is 1. The Morgan fingerprint density at radius 1 is 1.19 bits per heavy atom. The Kier molecular flexibility index (Phi) is 4.86. The van der Waals surface area contributed by atoms with Crippen molar-refractivity contribution in [3.63, 3.8) is 0 Å². The van der Waals surface area contributed by atoms with Crippen molar-refractivity contribution in [2.45, 2.75) is 58.6 Å². The molecule has 5 nitrogen and oxygen atoms in total. The number of piperidine rings is 2. The molecule has 1 aromatic carbocycles. The molecule has 1 unspecified atom stereocenters. The van der Waals surface area contributed by atoms with Crippen molar-refractivity contribution >= 4 is 11.8 Å². The molecule has 0 bridgehead atoms. The van der Waals surface area contributed by atoms with E-state index in [4.69, 9.17) is 0 Å². The Bertz CT molecular complexity index is 705. The summed E-state index contributed by atoms with van der Waals surface area (Å²) < 4.78 is 0. The van der Waals surface area contributed by atoms with Gasteiger partial charge in [0.2, 0.25) is 5.91 Å². The van der Waals surface area contributed by atoms with Gasteiger partial charge < -0.3 is 14.9 Å². The first-order valence-corrected chi connectivity index (χ1v) is 9.47. The predicted octanol–water partition coefficient (Wildman–Crippen LogP) is 2.61. The highest BCUT2D eigenvalue weighted by Crippen LogP contribution is 2.45. The molecule has 1 N–H and O–H groups in total. The zero-order chi connectivity index (χ0) is 19.1. The zero-order valence-electron chi connectivity index (χ0n) is 16.3. The first-order chi connectivity index (χ1) is 12.1. The van der Waals surface area contributed by atoms with E-state index in [2.05, 4.69) is 0 Å². The summed E-state index contributed by atoms with van der Waals surface area (Å²) in [5, 5.41) is 10.7. The maximum atomic E-state index is 12.8. The summed E-state index contributed by atoms with van der Waals surface area (Å²) in [6, 6.07) is 7.70. The van der Waals surface area contributed by atoms with Crippen molar-refractivity contribution in [3.05, 3.63) is 35.4 Å². The van der Waals surface area contributed by atoms with Gasteiger partial charge in [-0.1, -0.05) is 17.7 Å². The molecular formula is C21H30N2O3. The van der Waals surface area contributed by atoms with Crippen LogP contribution in [0.3, 0.4) is 0 Å². The third-order valence-electron chi connectivity index (χ3n) is 6.39. The van der Waals surface area contributed by atoms with E-state index in [1.165, 1.54) is 0 Å². The van der Waals surface area contributed by atoms with Gasteiger partial charge in [-0.25, -0.2) is 0 Å². The van der Waals surface area contributed by atoms with Crippen LogP contribution in [0.15, 0.2) is 24.3 Å². The van der Waals surface area contributed by atoms with E-state index in [9.17, 15) is 14.7 Å². The molecule has 1 spiro atoms.